The van der Waals surface area contributed by atoms with Gasteiger partial charge in [0.15, 0.2) is 0 Å². The lowest BCUT2D eigenvalue weighted by Crippen LogP contribution is -2.24. The third kappa shape index (κ3) is 4.90. The average Bonchev–Trinajstić information content (AvgIpc) is 3.28. The molecule has 1 aliphatic heterocycles. The monoisotopic (exact) mass is 442 g/mol. The molecule has 1 fully saturated rings. The molecule has 0 unspecified atom stereocenters. The molecule has 0 aliphatic carbocycles. The summed E-state index contributed by atoms with van der Waals surface area (Å²) in [7, 11) is 3.16. The van der Waals surface area contributed by atoms with Crippen LogP contribution in [0.5, 0.6) is 11.5 Å². The Morgan fingerprint density at radius 2 is 1.67 bits per heavy atom. The summed E-state index contributed by atoms with van der Waals surface area (Å²) in [6.07, 6.45) is 3.18. The van der Waals surface area contributed by atoms with Crippen LogP contribution in [0.4, 0.5) is 11.4 Å². The number of benzene rings is 3. The second-order valence-corrected chi connectivity index (χ2v) is 7.66. The van der Waals surface area contributed by atoms with Crippen LogP contribution in [0.2, 0.25) is 0 Å². The molecule has 168 valence electrons. The fourth-order valence-electron chi connectivity index (χ4n) is 3.92. The van der Waals surface area contributed by atoms with Crippen molar-refractivity contribution in [1.29, 1.82) is 0 Å². The molecule has 1 saturated heterocycles. The number of anilines is 2. The molecule has 1 aliphatic rings. The fraction of sp³-hybridized carbons (Fsp3) is 0.185. The van der Waals surface area contributed by atoms with Gasteiger partial charge >= 0.3 is 0 Å². The predicted molar refractivity (Wildman–Crippen MR) is 131 cm³/mol. The normalized spacial score (nSPS) is 13.7. The molecular formula is C27H26N2O4. The Labute approximate surface area is 193 Å². The zero-order valence-corrected chi connectivity index (χ0v) is 18.7. The Morgan fingerprint density at radius 3 is 2.36 bits per heavy atom. The average molecular weight is 443 g/mol. The van der Waals surface area contributed by atoms with Gasteiger partial charge in [0, 0.05) is 35.9 Å². The van der Waals surface area contributed by atoms with Gasteiger partial charge in [-0.1, -0.05) is 48.5 Å². The van der Waals surface area contributed by atoms with Crippen LogP contribution in [0.3, 0.4) is 0 Å². The first-order valence-corrected chi connectivity index (χ1v) is 10.8. The zero-order chi connectivity index (χ0) is 23.2. The minimum atomic E-state index is -0.265. The van der Waals surface area contributed by atoms with Crippen LogP contribution in [0.25, 0.3) is 11.6 Å². The first-order valence-electron chi connectivity index (χ1n) is 10.8. The van der Waals surface area contributed by atoms with E-state index in [9.17, 15) is 9.59 Å². The van der Waals surface area contributed by atoms with Crippen molar-refractivity contribution in [2.75, 3.05) is 31.0 Å². The van der Waals surface area contributed by atoms with E-state index in [-0.39, 0.29) is 11.8 Å². The minimum absolute atomic E-state index is 0.0798. The van der Waals surface area contributed by atoms with Gasteiger partial charge in [0.1, 0.15) is 11.5 Å². The van der Waals surface area contributed by atoms with Crippen LogP contribution in [-0.2, 0) is 9.59 Å². The van der Waals surface area contributed by atoms with E-state index < -0.39 is 0 Å². The van der Waals surface area contributed by atoms with Crippen molar-refractivity contribution in [3.05, 3.63) is 83.9 Å². The van der Waals surface area contributed by atoms with Crippen LogP contribution in [0, 0.1) is 0 Å². The third-order valence-corrected chi connectivity index (χ3v) is 5.57. The molecule has 0 saturated carbocycles. The number of hydrogen-bond acceptors (Lipinski definition) is 4. The first-order chi connectivity index (χ1) is 16.1. The van der Waals surface area contributed by atoms with E-state index in [1.807, 2.05) is 66.7 Å². The van der Waals surface area contributed by atoms with Gasteiger partial charge in [-0.2, -0.15) is 0 Å². The van der Waals surface area contributed by atoms with E-state index in [1.165, 1.54) is 0 Å². The number of carbonyl (C=O) groups excluding carboxylic acids is 2. The number of nitrogens with one attached hydrogen (secondary N) is 1. The molecule has 0 bridgehead atoms. The summed E-state index contributed by atoms with van der Waals surface area (Å²) in [6.45, 7) is 0.667. The number of carbonyl (C=O) groups is 2. The zero-order valence-electron chi connectivity index (χ0n) is 18.7. The number of nitrogens with zero attached hydrogens (tertiary/aromatic N) is 1. The topological polar surface area (TPSA) is 67.9 Å². The van der Waals surface area contributed by atoms with Crippen molar-refractivity contribution in [2.24, 2.45) is 0 Å². The van der Waals surface area contributed by atoms with Gasteiger partial charge in [-0.25, -0.2) is 0 Å². The summed E-state index contributed by atoms with van der Waals surface area (Å²) < 4.78 is 11.0. The van der Waals surface area contributed by atoms with E-state index in [2.05, 4.69) is 5.32 Å². The van der Waals surface area contributed by atoms with Crippen LogP contribution in [0.15, 0.2) is 72.8 Å². The smallest absolute Gasteiger partial charge is 0.256 e. The number of methoxy groups -OCH3 is 2. The summed E-state index contributed by atoms with van der Waals surface area (Å²) in [5, 5.41) is 2.97. The van der Waals surface area contributed by atoms with E-state index in [0.29, 0.717) is 41.4 Å². The molecule has 0 spiro atoms. The molecule has 3 aromatic rings. The molecule has 0 atom stereocenters. The Morgan fingerprint density at radius 1 is 0.939 bits per heavy atom. The molecule has 1 N–H and O–H groups in total. The lowest BCUT2D eigenvalue weighted by Gasteiger charge is -2.20. The molecule has 3 aromatic carbocycles. The van der Waals surface area contributed by atoms with E-state index in [0.717, 1.165) is 17.5 Å². The van der Waals surface area contributed by atoms with Gasteiger partial charge in [-0.3, -0.25) is 9.59 Å². The van der Waals surface area contributed by atoms with Gasteiger partial charge in [0.2, 0.25) is 5.91 Å². The molecule has 2 amide bonds. The Hall–Kier alpha value is -4.06. The molecule has 4 rings (SSSR count). The van der Waals surface area contributed by atoms with Gasteiger partial charge in [-0.05, 0) is 36.3 Å². The number of ether oxygens (including phenoxy) is 2. The van der Waals surface area contributed by atoms with Crippen LogP contribution >= 0.6 is 0 Å². The molecular weight excluding hydrogens is 416 g/mol. The third-order valence-electron chi connectivity index (χ3n) is 5.57. The van der Waals surface area contributed by atoms with Crippen molar-refractivity contribution in [1.82, 2.24) is 0 Å². The van der Waals surface area contributed by atoms with Crippen molar-refractivity contribution in [3.8, 4) is 11.5 Å². The summed E-state index contributed by atoms with van der Waals surface area (Å²) >= 11 is 0. The van der Waals surface area contributed by atoms with Crippen molar-refractivity contribution >= 4 is 34.8 Å². The maximum absolute atomic E-state index is 13.4. The van der Waals surface area contributed by atoms with Gasteiger partial charge in [0.05, 0.1) is 19.9 Å². The second-order valence-electron chi connectivity index (χ2n) is 7.66. The molecule has 1 heterocycles. The second kappa shape index (κ2) is 10.0. The van der Waals surface area contributed by atoms with Crippen molar-refractivity contribution in [2.45, 2.75) is 12.8 Å². The molecule has 0 radical (unpaired) electrons. The van der Waals surface area contributed by atoms with E-state index in [4.69, 9.17) is 9.47 Å². The SMILES string of the molecule is COc1ccccc1/C=C(/C(=O)Nc1ccc(N2CCCC2=O)c(OC)c1)c1ccccc1. The standard InChI is InChI=1S/C27H26N2O4/c1-32-24-12-7-6-11-20(24)17-22(19-9-4-3-5-10-19)27(31)28-21-14-15-23(25(18-21)33-2)29-16-8-13-26(29)30/h3-7,9-12,14-15,17-18H,8,13,16H2,1-2H3,(H,28,31)/b22-17+. The summed E-state index contributed by atoms with van der Waals surface area (Å²) in [5.41, 5.74) is 3.37. The number of rotatable bonds is 7. The van der Waals surface area contributed by atoms with Gasteiger partial charge in [0.25, 0.3) is 5.91 Å². The highest BCUT2D eigenvalue weighted by Gasteiger charge is 2.25. The molecule has 0 aromatic heterocycles. The highest BCUT2D eigenvalue weighted by Crippen LogP contribution is 2.34. The Bertz CT molecular complexity index is 1190. The maximum atomic E-state index is 13.4. The van der Waals surface area contributed by atoms with Crippen LogP contribution < -0.4 is 19.7 Å². The quantitative estimate of drug-likeness (QED) is 0.413. The summed E-state index contributed by atoms with van der Waals surface area (Å²) in [5.74, 6) is 1.04. The molecule has 6 nitrogen and oxygen atoms in total. The summed E-state index contributed by atoms with van der Waals surface area (Å²) in [6, 6.07) is 22.4. The highest BCUT2D eigenvalue weighted by atomic mass is 16.5. The number of para-hydroxylation sites is 1. The highest BCUT2D eigenvalue weighted by molar-refractivity contribution is 6.29. The maximum Gasteiger partial charge on any atom is 0.256 e. The van der Waals surface area contributed by atoms with Gasteiger partial charge in [-0.15, -0.1) is 0 Å². The molecule has 33 heavy (non-hydrogen) atoms. The Balaban J connectivity index is 1.66. The lowest BCUT2D eigenvalue weighted by atomic mass is 10.0. The van der Waals surface area contributed by atoms with Gasteiger partial charge < -0.3 is 19.7 Å². The van der Waals surface area contributed by atoms with Crippen molar-refractivity contribution < 1.29 is 19.1 Å². The minimum Gasteiger partial charge on any atom is -0.496 e. The van der Waals surface area contributed by atoms with Crippen LogP contribution in [0.1, 0.15) is 24.0 Å². The largest absolute Gasteiger partial charge is 0.496 e. The Kier molecular flexibility index (Phi) is 6.74. The fourth-order valence-corrected chi connectivity index (χ4v) is 3.92. The van der Waals surface area contributed by atoms with E-state index >= 15 is 0 Å². The molecule has 6 heteroatoms. The number of amides is 2. The van der Waals surface area contributed by atoms with Crippen molar-refractivity contribution in [3.63, 3.8) is 0 Å². The van der Waals surface area contributed by atoms with E-state index in [1.54, 1.807) is 31.3 Å². The summed E-state index contributed by atoms with van der Waals surface area (Å²) in [4.78, 5) is 27.3. The lowest BCUT2D eigenvalue weighted by molar-refractivity contribution is -0.117. The van der Waals surface area contributed by atoms with Crippen LogP contribution in [-0.4, -0.2) is 32.6 Å². The number of hydrogen-bond donors (Lipinski definition) is 1. The predicted octanol–water partition coefficient (Wildman–Crippen LogP) is 5.01. The first kappa shape index (κ1) is 22.1.